The van der Waals surface area contributed by atoms with Crippen LogP contribution < -0.4 is 15.2 Å². The Labute approximate surface area is 169 Å². The molecule has 2 aliphatic heterocycles. The summed E-state index contributed by atoms with van der Waals surface area (Å²) in [6.45, 7) is 2.63. The van der Waals surface area contributed by atoms with Crippen molar-refractivity contribution in [3.05, 3.63) is 54.1 Å². The SMILES string of the molecule is Cc1cccc(N2N=C(C(=O)Nc3cccc(N4CCCC4=O)c3)CCC2=O)c1. The Bertz CT molecular complexity index is 1010. The van der Waals surface area contributed by atoms with Crippen molar-refractivity contribution < 1.29 is 14.4 Å². The molecular weight excluding hydrogens is 368 g/mol. The number of rotatable bonds is 4. The number of hydrogen-bond donors (Lipinski definition) is 1. The van der Waals surface area contributed by atoms with Crippen molar-refractivity contribution in [3.8, 4) is 0 Å². The topological polar surface area (TPSA) is 82.1 Å². The molecule has 0 spiro atoms. The second kappa shape index (κ2) is 7.87. The van der Waals surface area contributed by atoms with E-state index in [2.05, 4.69) is 10.4 Å². The van der Waals surface area contributed by atoms with Gasteiger partial charge in [0.2, 0.25) is 11.8 Å². The molecule has 3 amide bonds. The molecule has 0 aromatic heterocycles. The highest BCUT2D eigenvalue weighted by Gasteiger charge is 2.26. The number of anilines is 3. The number of aryl methyl sites for hydroxylation is 1. The van der Waals surface area contributed by atoms with Gasteiger partial charge in [0.05, 0.1) is 5.69 Å². The first-order chi connectivity index (χ1) is 14.0. The zero-order valence-corrected chi connectivity index (χ0v) is 16.2. The number of hydrogen-bond acceptors (Lipinski definition) is 4. The molecule has 1 N–H and O–H groups in total. The van der Waals surface area contributed by atoms with Crippen molar-refractivity contribution >= 4 is 40.5 Å². The van der Waals surface area contributed by atoms with Crippen LogP contribution in [0, 0.1) is 6.92 Å². The molecule has 7 nitrogen and oxygen atoms in total. The van der Waals surface area contributed by atoms with Crippen LogP contribution in [-0.4, -0.2) is 30.0 Å². The number of amides is 3. The quantitative estimate of drug-likeness (QED) is 0.870. The third-order valence-electron chi connectivity index (χ3n) is 5.03. The smallest absolute Gasteiger partial charge is 0.271 e. The maximum Gasteiger partial charge on any atom is 0.271 e. The molecule has 0 atom stereocenters. The van der Waals surface area contributed by atoms with E-state index in [1.54, 1.807) is 23.1 Å². The predicted molar refractivity (Wildman–Crippen MR) is 112 cm³/mol. The molecule has 29 heavy (non-hydrogen) atoms. The van der Waals surface area contributed by atoms with Crippen LogP contribution in [-0.2, 0) is 14.4 Å². The molecule has 0 unspecified atom stereocenters. The fourth-order valence-corrected chi connectivity index (χ4v) is 3.55. The zero-order chi connectivity index (χ0) is 20.4. The minimum absolute atomic E-state index is 0.0949. The van der Waals surface area contributed by atoms with Gasteiger partial charge in [0, 0.05) is 37.2 Å². The maximum absolute atomic E-state index is 12.8. The highest BCUT2D eigenvalue weighted by molar-refractivity contribution is 6.44. The molecule has 4 rings (SSSR count). The van der Waals surface area contributed by atoms with Gasteiger partial charge >= 0.3 is 0 Å². The van der Waals surface area contributed by atoms with Gasteiger partial charge in [-0.15, -0.1) is 0 Å². The summed E-state index contributed by atoms with van der Waals surface area (Å²) in [6, 6.07) is 14.7. The van der Waals surface area contributed by atoms with E-state index >= 15 is 0 Å². The average Bonchev–Trinajstić information content (AvgIpc) is 3.14. The minimum Gasteiger partial charge on any atom is -0.321 e. The maximum atomic E-state index is 12.8. The van der Waals surface area contributed by atoms with Crippen LogP contribution in [0.25, 0.3) is 0 Å². The van der Waals surface area contributed by atoms with E-state index in [1.807, 2.05) is 37.3 Å². The van der Waals surface area contributed by atoms with E-state index in [0.717, 1.165) is 17.7 Å². The van der Waals surface area contributed by atoms with Crippen molar-refractivity contribution in [1.29, 1.82) is 0 Å². The van der Waals surface area contributed by atoms with Gasteiger partial charge in [-0.2, -0.15) is 5.10 Å². The molecule has 0 saturated carbocycles. The van der Waals surface area contributed by atoms with Crippen molar-refractivity contribution in [2.24, 2.45) is 5.10 Å². The number of carbonyl (C=O) groups excluding carboxylic acids is 3. The first-order valence-electron chi connectivity index (χ1n) is 9.70. The van der Waals surface area contributed by atoms with E-state index < -0.39 is 0 Å². The molecule has 2 aromatic rings. The lowest BCUT2D eigenvalue weighted by Gasteiger charge is -2.23. The van der Waals surface area contributed by atoms with Crippen molar-refractivity contribution in [2.45, 2.75) is 32.6 Å². The normalized spacial score (nSPS) is 16.8. The summed E-state index contributed by atoms with van der Waals surface area (Å²) in [5, 5.41) is 8.45. The van der Waals surface area contributed by atoms with Crippen molar-refractivity contribution in [1.82, 2.24) is 0 Å². The van der Waals surface area contributed by atoms with Gasteiger partial charge in [-0.25, -0.2) is 5.01 Å². The van der Waals surface area contributed by atoms with Crippen molar-refractivity contribution in [2.75, 3.05) is 21.8 Å². The Kier molecular flexibility index (Phi) is 5.12. The Morgan fingerprint density at radius 2 is 1.76 bits per heavy atom. The Morgan fingerprint density at radius 3 is 2.52 bits per heavy atom. The van der Waals surface area contributed by atoms with Gasteiger partial charge < -0.3 is 10.2 Å². The lowest BCUT2D eigenvalue weighted by Crippen LogP contribution is -2.36. The van der Waals surface area contributed by atoms with E-state index in [0.29, 0.717) is 30.1 Å². The average molecular weight is 390 g/mol. The van der Waals surface area contributed by atoms with E-state index in [4.69, 9.17) is 0 Å². The van der Waals surface area contributed by atoms with Gasteiger partial charge in [0.1, 0.15) is 5.71 Å². The Morgan fingerprint density at radius 1 is 0.966 bits per heavy atom. The summed E-state index contributed by atoms with van der Waals surface area (Å²) in [6.07, 6.45) is 1.91. The standard InChI is InChI=1S/C22H22N4O3/c1-15-5-2-8-18(13-15)26-21(28)11-10-19(24-26)22(29)23-16-6-3-7-17(14-16)25-12-4-9-20(25)27/h2-3,5-8,13-14H,4,9-12H2,1H3,(H,23,29). The van der Waals surface area contributed by atoms with E-state index in [-0.39, 0.29) is 30.6 Å². The van der Waals surface area contributed by atoms with Gasteiger partial charge in [0.15, 0.2) is 0 Å². The highest BCUT2D eigenvalue weighted by Crippen LogP contribution is 2.25. The van der Waals surface area contributed by atoms with Gasteiger partial charge in [0.25, 0.3) is 5.91 Å². The molecular formula is C22H22N4O3. The number of nitrogens with zero attached hydrogens (tertiary/aromatic N) is 3. The van der Waals surface area contributed by atoms with Gasteiger partial charge in [-0.1, -0.05) is 18.2 Å². The lowest BCUT2D eigenvalue weighted by molar-refractivity contribution is -0.119. The van der Waals surface area contributed by atoms with E-state index in [1.165, 1.54) is 5.01 Å². The number of carbonyl (C=O) groups is 3. The monoisotopic (exact) mass is 390 g/mol. The van der Waals surface area contributed by atoms with Crippen LogP contribution in [0.1, 0.15) is 31.2 Å². The first-order valence-corrected chi connectivity index (χ1v) is 9.70. The molecule has 1 fully saturated rings. The summed E-state index contributed by atoms with van der Waals surface area (Å²) < 4.78 is 0. The molecule has 7 heteroatoms. The summed E-state index contributed by atoms with van der Waals surface area (Å²) in [7, 11) is 0. The predicted octanol–water partition coefficient (Wildman–Crippen LogP) is 3.24. The molecule has 0 aliphatic carbocycles. The largest absolute Gasteiger partial charge is 0.321 e. The van der Waals surface area contributed by atoms with Gasteiger partial charge in [-0.3, -0.25) is 14.4 Å². The molecule has 148 valence electrons. The first kappa shape index (κ1) is 18.9. The van der Waals surface area contributed by atoms with E-state index in [9.17, 15) is 14.4 Å². The van der Waals surface area contributed by atoms with Crippen LogP contribution in [0.15, 0.2) is 53.6 Å². The summed E-state index contributed by atoms with van der Waals surface area (Å²) >= 11 is 0. The second-order valence-corrected chi connectivity index (χ2v) is 7.24. The summed E-state index contributed by atoms with van der Waals surface area (Å²) in [4.78, 5) is 38.8. The molecule has 1 saturated heterocycles. The molecule has 0 bridgehead atoms. The summed E-state index contributed by atoms with van der Waals surface area (Å²) in [5.74, 6) is -0.390. The third kappa shape index (κ3) is 4.03. The molecule has 2 aliphatic rings. The fourth-order valence-electron chi connectivity index (χ4n) is 3.55. The minimum atomic E-state index is -0.347. The Balaban J connectivity index is 1.53. The highest BCUT2D eigenvalue weighted by atomic mass is 16.2. The lowest BCUT2D eigenvalue weighted by atomic mass is 10.1. The van der Waals surface area contributed by atoms with Crippen LogP contribution in [0.3, 0.4) is 0 Å². The van der Waals surface area contributed by atoms with Crippen molar-refractivity contribution in [3.63, 3.8) is 0 Å². The number of hydrazone groups is 1. The number of benzene rings is 2. The second-order valence-electron chi connectivity index (χ2n) is 7.24. The third-order valence-corrected chi connectivity index (χ3v) is 5.03. The molecule has 2 heterocycles. The molecule has 2 aromatic carbocycles. The number of nitrogens with one attached hydrogen (secondary N) is 1. The molecule has 0 radical (unpaired) electrons. The van der Waals surface area contributed by atoms with Crippen LogP contribution in [0.4, 0.5) is 17.1 Å². The van der Waals surface area contributed by atoms with Crippen LogP contribution in [0.2, 0.25) is 0 Å². The fraction of sp³-hybridized carbons (Fsp3) is 0.273. The van der Waals surface area contributed by atoms with Crippen LogP contribution >= 0.6 is 0 Å². The van der Waals surface area contributed by atoms with Crippen LogP contribution in [0.5, 0.6) is 0 Å². The Hall–Kier alpha value is -3.48. The zero-order valence-electron chi connectivity index (χ0n) is 16.2. The van der Waals surface area contributed by atoms with Gasteiger partial charge in [-0.05, 0) is 49.2 Å². The summed E-state index contributed by atoms with van der Waals surface area (Å²) in [5.41, 5.74) is 3.32.